The molecule has 0 N–H and O–H groups in total. The minimum Gasteiger partial charge on any atom is -0.255 e. The molecule has 0 saturated carbocycles. The third-order valence-electron chi connectivity index (χ3n) is 4.34. The van der Waals surface area contributed by atoms with Crippen molar-refractivity contribution in [2.45, 2.75) is 9.79 Å². The van der Waals surface area contributed by atoms with E-state index in [0.717, 1.165) is 24.3 Å². The largest absolute Gasteiger partial charge is 0.255 e. The first kappa shape index (κ1) is 18.2. The summed E-state index contributed by atoms with van der Waals surface area (Å²) < 4.78 is 66.9. The van der Waals surface area contributed by atoms with Gasteiger partial charge in [-0.15, -0.1) is 0 Å². The standard InChI is InChI=1S/C21H12F3NO2S/c22-14-3-1-13(2-4-14)21-18-11-16(24)7-10-19(18)25-12-20(21)28(26,27)17-8-5-15(23)6-9-17/h1-12H. The molecule has 0 saturated heterocycles. The van der Waals surface area contributed by atoms with E-state index in [-0.39, 0.29) is 20.7 Å². The molecule has 0 bridgehead atoms. The first-order valence-corrected chi connectivity index (χ1v) is 9.69. The van der Waals surface area contributed by atoms with Gasteiger partial charge >= 0.3 is 0 Å². The van der Waals surface area contributed by atoms with Crippen LogP contribution in [0, 0.1) is 17.5 Å². The van der Waals surface area contributed by atoms with Gasteiger partial charge in [0.1, 0.15) is 17.5 Å². The first-order chi connectivity index (χ1) is 13.4. The number of nitrogens with zero attached hydrogens (tertiary/aromatic N) is 1. The Balaban J connectivity index is 2.07. The van der Waals surface area contributed by atoms with Crippen LogP contribution in [0.4, 0.5) is 13.2 Å². The Hall–Kier alpha value is -3.19. The minimum atomic E-state index is -4.09. The second-order valence-corrected chi connectivity index (χ2v) is 8.04. The maximum atomic E-state index is 13.9. The van der Waals surface area contributed by atoms with Gasteiger partial charge in [0.25, 0.3) is 0 Å². The topological polar surface area (TPSA) is 47.0 Å². The number of halogens is 3. The number of aromatic nitrogens is 1. The second kappa shape index (κ2) is 6.76. The molecule has 140 valence electrons. The molecule has 28 heavy (non-hydrogen) atoms. The molecule has 4 aromatic rings. The van der Waals surface area contributed by atoms with Crippen LogP contribution in [0.3, 0.4) is 0 Å². The number of hydrogen-bond acceptors (Lipinski definition) is 3. The Morgan fingerprint density at radius 3 is 1.93 bits per heavy atom. The highest BCUT2D eigenvalue weighted by atomic mass is 32.2. The van der Waals surface area contributed by atoms with Gasteiger partial charge in [-0.25, -0.2) is 21.6 Å². The molecule has 0 fully saturated rings. The molecule has 0 aliphatic carbocycles. The zero-order chi connectivity index (χ0) is 19.9. The average molecular weight is 399 g/mol. The lowest BCUT2D eigenvalue weighted by molar-refractivity contribution is 0.594. The van der Waals surface area contributed by atoms with Crippen LogP contribution in [-0.4, -0.2) is 13.4 Å². The monoisotopic (exact) mass is 399 g/mol. The summed E-state index contributed by atoms with van der Waals surface area (Å²) >= 11 is 0. The van der Waals surface area contributed by atoms with Crippen molar-refractivity contribution < 1.29 is 21.6 Å². The highest BCUT2D eigenvalue weighted by Crippen LogP contribution is 2.36. The Labute approximate surface area is 159 Å². The molecule has 0 aliphatic heterocycles. The Kier molecular flexibility index (Phi) is 4.39. The molecule has 7 heteroatoms. The van der Waals surface area contributed by atoms with Gasteiger partial charge in [0.15, 0.2) is 0 Å². The van der Waals surface area contributed by atoms with Crippen molar-refractivity contribution in [2.24, 2.45) is 0 Å². The van der Waals surface area contributed by atoms with Crippen molar-refractivity contribution in [1.82, 2.24) is 4.98 Å². The first-order valence-electron chi connectivity index (χ1n) is 8.21. The van der Waals surface area contributed by atoms with E-state index in [2.05, 4.69) is 4.98 Å². The van der Waals surface area contributed by atoms with Crippen LogP contribution in [0.5, 0.6) is 0 Å². The number of pyridine rings is 1. The van der Waals surface area contributed by atoms with Gasteiger partial charge in [0.05, 0.1) is 15.3 Å². The molecule has 0 aliphatic rings. The molecular weight excluding hydrogens is 387 g/mol. The van der Waals surface area contributed by atoms with Gasteiger partial charge in [-0.1, -0.05) is 12.1 Å². The highest BCUT2D eigenvalue weighted by molar-refractivity contribution is 7.91. The van der Waals surface area contributed by atoms with E-state index in [4.69, 9.17) is 0 Å². The Morgan fingerprint density at radius 1 is 0.714 bits per heavy atom. The second-order valence-electron chi connectivity index (χ2n) is 6.12. The van der Waals surface area contributed by atoms with Crippen LogP contribution >= 0.6 is 0 Å². The molecule has 3 aromatic carbocycles. The van der Waals surface area contributed by atoms with Crippen molar-refractivity contribution >= 4 is 20.7 Å². The third-order valence-corrected chi connectivity index (χ3v) is 6.12. The summed E-state index contributed by atoms with van der Waals surface area (Å²) in [7, 11) is -4.09. The molecule has 0 spiro atoms. The Bertz CT molecular complexity index is 1290. The van der Waals surface area contributed by atoms with E-state index >= 15 is 0 Å². The smallest absolute Gasteiger partial charge is 0.208 e. The average Bonchev–Trinajstić information content (AvgIpc) is 2.68. The number of hydrogen-bond donors (Lipinski definition) is 0. The van der Waals surface area contributed by atoms with Crippen LogP contribution in [0.25, 0.3) is 22.0 Å². The molecular formula is C21H12F3NO2S. The van der Waals surface area contributed by atoms with E-state index in [9.17, 15) is 21.6 Å². The number of sulfone groups is 1. The van der Waals surface area contributed by atoms with Crippen molar-refractivity contribution in [3.63, 3.8) is 0 Å². The van der Waals surface area contributed by atoms with E-state index in [1.54, 1.807) is 0 Å². The number of fused-ring (bicyclic) bond motifs is 1. The zero-order valence-corrected chi connectivity index (χ0v) is 15.1. The molecule has 1 heterocycles. The van der Waals surface area contributed by atoms with Gasteiger partial charge in [0, 0.05) is 17.1 Å². The van der Waals surface area contributed by atoms with Crippen LogP contribution in [0.2, 0.25) is 0 Å². The molecule has 0 atom stereocenters. The zero-order valence-electron chi connectivity index (χ0n) is 14.2. The van der Waals surface area contributed by atoms with Gasteiger partial charge in [0.2, 0.25) is 9.84 Å². The fourth-order valence-corrected chi connectivity index (χ4v) is 4.44. The minimum absolute atomic E-state index is 0.130. The SMILES string of the molecule is O=S(=O)(c1ccc(F)cc1)c1cnc2ccc(F)cc2c1-c1ccc(F)cc1. The normalized spacial score (nSPS) is 11.7. The van der Waals surface area contributed by atoms with E-state index in [0.29, 0.717) is 11.1 Å². The maximum absolute atomic E-state index is 13.9. The lowest BCUT2D eigenvalue weighted by Gasteiger charge is -2.14. The van der Waals surface area contributed by atoms with Crippen molar-refractivity contribution in [3.8, 4) is 11.1 Å². The van der Waals surface area contributed by atoms with Crippen molar-refractivity contribution in [3.05, 3.63) is 90.4 Å². The Morgan fingerprint density at radius 2 is 1.29 bits per heavy atom. The summed E-state index contributed by atoms with van der Waals surface area (Å²) in [5.74, 6) is -1.62. The van der Waals surface area contributed by atoms with Crippen LogP contribution < -0.4 is 0 Å². The highest BCUT2D eigenvalue weighted by Gasteiger charge is 2.25. The van der Waals surface area contributed by atoms with Gasteiger partial charge in [-0.3, -0.25) is 4.98 Å². The summed E-state index contributed by atoms with van der Waals surface area (Å²) in [5.41, 5.74) is 0.979. The predicted octanol–water partition coefficient (Wildman–Crippen LogP) is 5.15. The summed E-state index contributed by atoms with van der Waals surface area (Å²) in [6, 6.07) is 13.4. The molecule has 4 rings (SSSR count). The fourth-order valence-electron chi connectivity index (χ4n) is 3.01. The summed E-state index contributed by atoms with van der Waals surface area (Å²) in [5, 5.41) is 0.273. The van der Waals surface area contributed by atoms with E-state index in [1.165, 1.54) is 48.7 Å². The van der Waals surface area contributed by atoms with E-state index in [1.807, 2.05) is 0 Å². The maximum Gasteiger partial charge on any atom is 0.208 e. The van der Waals surface area contributed by atoms with Gasteiger partial charge in [-0.2, -0.15) is 0 Å². The summed E-state index contributed by atoms with van der Waals surface area (Å²) in [6.07, 6.45) is 1.18. The molecule has 0 radical (unpaired) electrons. The quantitative estimate of drug-likeness (QED) is 0.448. The van der Waals surface area contributed by atoms with Gasteiger partial charge in [-0.05, 0) is 60.2 Å². The third kappa shape index (κ3) is 3.14. The number of benzene rings is 3. The molecule has 1 aromatic heterocycles. The van der Waals surface area contributed by atoms with Crippen LogP contribution in [0.1, 0.15) is 0 Å². The molecule has 3 nitrogen and oxygen atoms in total. The van der Waals surface area contributed by atoms with E-state index < -0.39 is 27.3 Å². The summed E-state index contributed by atoms with van der Waals surface area (Å²) in [4.78, 5) is 3.83. The lowest BCUT2D eigenvalue weighted by atomic mass is 10.0. The van der Waals surface area contributed by atoms with Crippen LogP contribution in [0.15, 0.2) is 82.7 Å². The fraction of sp³-hybridized carbons (Fsp3) is 0. The van der Waals surface area contributed by atoms with Crippen LogP contribution in [-0.2, 0) is 9.84 Å². The summed E-state index contributed by atoms with van der Waals surface area (Å²) in [6.45, 7) is 0. The van der Waals surface area contributed by atoms with Crippen molar-refractivity contribution in [1.29, 1.82) is 0 Å². The van der Waals surface area contributed by atoms with Crippen molar-refractivity contribution in [2.75, 3.05) is 0 Å². The number of rotatable bonds is 3. The predicted molar refractivity (Wildman–Crippen MR) is 98.9 cm³/mol. The molecule has 0 amide bonds. The van der Waals surface area contributed by atoms with Gasteiger partial charge < -0.3 is 0 Å². The molecule has 0 unspecified atom stereocenters. The lowest BCUT2D eigenvalue weighted by Crippen LogP contribution is -2.06.